The third kappa shape index (κ3) is 3.12. The first-order chi connectivity index (χ1) is 8.92. The molecule has 0 fully saturated rings. The van der Waals surface area contributed by atoms with E-state index in [0.717, 1.165) is 6.07 Å². The Morgan fingerprint density at radius 1 is 1.47 bits per heavy atom. The number of halogens is 1. The Bertz CT molecular complexity index is 505. The molecule has 0 bridgehead atoms. The van der Waals surface area contributed by atoms with Crippen LogP contribution in [0.4, 0.5) is 15.8 Å². The molecule has 0 saturated carbocycles. The second kappa shape index (κ2) is 6.03. The molecule has 7 heteroatoms. The number of nitrogens with one attached hydrogen (secondary N) is 1. The lowest BCUT2D eigenvalue weighted by Crippen LogP contribution is -2.36. The molecule has 0 spiro atoms. The van der Waals surface area contributed by atoms with Crippen LogP contribution in [0, 0.1) is 5.82 Å². The molecule has 0 radical (unpaired) electrons. The lowest BCUT2D eigenvalue weighted by molar-refractivity contribution is -0.119. The van der Waals surface area contributed by atoms with Gasteiger partial charge in [0.25, 0.3) is 0 Å². The minimum Gasteiger partial charge on any atom is -0.478 e. The minimum absolute atomic E-state index is 0.0294. The number of amides is 1. The van der Waals surface area contributed by atoms with Gasteiger partial charge in [0.2, 0.25) is 5.91 Å². The van der Waals surface area contributed by atoms with Gasteiger partial charge in [-0.05, 0) is 19.1 Å². The summed E-state index contributed by atoms with van der Waals surface area (Å²) in [7, 11) is 1.48. The summed E-state index contributed by atoms with van der Waals surface area (Å²) >= 11 is 0. The van der Waals surface area contributed by atoms with Crippen LogP contribution in [0.5, 0.6) is 0 Å². The van der Waals surface area contributed by atoms with E-state index in [1.165, 1.54) is 18.0 Å². The molecule has 0 unspecified atom stereocenters. The second-order valence-corrected chi connectivity index (χ2v) is 3.85. The second-order valence-electron chi connectivity index (χ2n) is 3.85. The number of hydrogen-bond acceptors (Lipinski definition) is 4. The zero-order valence-electron chi connectivity index (χ0n) is 10.7. The molecule has 0 aliphatic carbocycles. The average Bonchev–Trinajstić information content (AvgIpc) is 2.38. The highest BCUT2D eigenvalue weighted by Gasteiger charge is 2.21. The predicted molar refractivity (Wildman–Crippen MR) is 69.7 cm³/mol. The molecule has 4 N–H and O–H groups in total. The maximum absolute atomic E-state index is 13.3. The number of anilines is 2. The van der Waals surface area contributed by atoms with Crippen LogP contribution in [0.2, 0.25) is 0 Å². The van der Waals surface area contributed by atoms with Gasteiger partial charge >= 0.3 is 5.97 Å². The van der Waals surface area contributed by atoms with E-state index in [1.807, 2.05) is 0 Å². The van der Waals surface area contributed by atoms with E-state index in [2.05, 4.69) is 5.32 Å². The Kier molecular flexibility index (Phi) is 4.68. The average molecular weight is 269 g/mol. The molecule has 104 valence electrons. The van der Waals surface area contributed by atoms with E-state index in [1.54, 1.807) is 6.92 Å². The number of rotatable bonds is 5. The van der Waals surface area contributed by atoms with Crippen molar-refractivity contribution in [2.75, 3.05) is 30.8 Å². The molecule has 0 aliphatic heterocycles. The van der Waals surface area contributed by atoms with Gasteiger partial charge in [-0.25, -0.2) is 9.18 Å². The highest BCUT2D eigenvalue weighted by molar-refractivity contribution is 6.00. The van der Waals surface area contributed by atoms with Crippen molar-refractivity contribution in [3.05, 3.63) is 23.5 Å². The Morgan fingerprint density at radius 2 is 2.11 bits per heavy atom. The summed E-state index contributed by atoms with van der Waals surface area (Å²) in [5.74, 6) is -2.40. The first-order valence-corrected chi connectivity index (χ1v) is 5.69. The van der Waals surface area contributed by atoms with Gasteiger partial charge in [-0.3, -0.25) is 4.79 Å². The number of nitrogen functional groups attached to an aromatic ring is 1. The fourth-order valence-electron chi connectivity index (χ4n) is 1.69. The van der Waals surface area contributed by atoms with Crippen molar-refractivity contribution in [3.63, 3.8) is 0 Å². The number of carboxylic acids is 1. The third-order valence-electron chi connectivity index (χ3n) is 2.72. The van der Waals surface area contributed by atoms with Crippen molar-refractivity contribution in [1.29, 1.82) is 0 Å². The fraction of sp³-hybridized carbons (Fsp3) is 0.333. The largest absolute Gasteiger partial charge is 0.478 e. The summed E-state index contributed by atoms with van der Waals surface area (Å²) in [6.45, 7) is 2.12. The number of carboxylic acid groups (broad SMARTS) is 1. The van der Waals surface area contributed by atoms with Gasteiger partial charge in [0, 0.05) is 13.6 Å². The van der Waals surface area contributed by atoms with Gasteiger partial charge in [0.1, 0.15) is 11.4 Å². The molecular weight excluding hydrogens is 253 g/mol. The lowest BCUT2D eigenvalue weighted by atomic mass is 10.1. The Morgan fingerprint density at radius 3 is 2.58 bits per heavy atom. The van der Waals surface area contributed by atoms with E-state index in [-0.39, 0.29) is 23.7 Å². The number of benzene rings is 1. The van der Waals surface area contributed by atoms with Crippen LogP contribution >= 0.6 is 0 Å². The van der Waals surface area contributed by atoms with E-state index in [4.69, 9.17) is 10.8 Å². The number of carbonyl (C=O) groups is 2. The van der Waals surface area contributed by atoms with Crippen molar-refractivity contribution >= 4 is 23.3 Å². The van der Waals surface area contributed by atoms with Gasteiger partial charge < -0.3 is 21.1 Å². The van der Waals surface area contributed by atoms with Crippen LogP contribution in [0.15, 0.2) is 12.1 Å². The van der Waals surface area contributed by atoms with Crippen LogP contribution in [0.3, 0.4) is 0 Å². The minimum atomic E-state index is -1.33. The monoisotopic (exact) mass is 269 g/mol. The summed E-state index contributed by atoms with van der Waals surface area (Å²) in [5.41, 5.74) is 4.92. The Labute approximate surface area is 110 Å². The Balaban J connectivity index is 3.27. The van der Waals surface area contributed by atoms with E-state index >= 15 is 0 Å². The molecule has 0 aliphatic rings. The van der Waals surface area contributed by atoms with Crippen LogP contribution in [0.1, 0.15) is 17.3 Å². The fourth-order valence-corrected chi connectivity index (χ4v) is 1.69. The number of likely N-dealkylation sites (N-methyl/N-ethyl adjacent to an activating group) is 2. The number of hydrogen-bond donors (Lipinski definition) is 3. The Hall–Kier alpha value is -2.31. The number of nitrogens with zero attached hydrogens (tertiary/aromatic N) is 1. The van der Waals surface area contributed by atoms with Crippen LogP contribution in [-0.2, 0) is 4.79 Å². The van der Waals surface area contributed by atoms with Crippen molar-refractivity contribution < 1.29 is 19.1 Å². The molecule has 1 aromatic rings. The number of nitrogens with two attached hydrogens (primary N) is 1. The molecule has 0 atom stereocenters. The first kappa shape index (κ1) is 14.7. The van der Waals surface area contributed by atoms with Crippen molar-refractivity contribution in [3.8, 4) is 0 Å². The SMILES string of the molecule is CCN(CC(=O)NC)c1ccc(F)c(N)c1C(=O)O. The highest BCUT2D eigenvalue weighted by atomic mass is 19.1. The zero-order chi connectivity index (χ0) is 14.6. The van der Waals surface area contributed by atoms with E-state index in [9.17, 15) is 14.0 Å². The van der Waals surface area contributed by atoms with Gasteiger partial charge in [-0.15, -0.1) is 0 Å². The molecule has 19 heavy (non-hydrogen) atoms. The van der Waals surface area contributed by atoms with Crippen LogP contribution in [0.25, 0.3) is 0 Å². The lowest BCUT2D eigenvalue weighted by Gasteiger charge is -2.24. The molecule has 1 aromatic carbocycles. The molecule has 1 amide bonds. The summed E-state index contributed by atoms with van der Waals surface area (Å²) in [6, 6.07) is 2.39. The van der Waals surface area contributed by atoms with Gasteiger partial charge in [-0.2, -0.15) is 0 Å². The van der Waals surface area contributed by atoms with Gasteiger partial charge in [-0.1, -0.05) is 0 Å². The maximum atomic E-state index is 13.3. The molecule has 0 saturated heterocycles. The maximum Gasteiger partial charge on any atom is 0.340 e. The number of carbonyl (C=O) groups excluding carboxylic acids is 1. The van der Waals surface area contributed by atoms with Crippen molar-refractivity contribution in [2.24, 2.45) is 0 Å². The first-order valence-electron chi connectivity index (χ1n) is 5.69. The quantitative estimate of drug-likeness (QED) is 0.683. The predicted octanol–water partition coefficient (Wildman–Crippen LogP) is 0.678. The van der Waals surface area contributed by atoms with Gasteiger partial charge in [0.15, 0.2) is 0 Å². The van der Waals surface area contributed by atoms with E-state index < -0.39 is 17.5 Å². The molecule has 6 nitrogen and oxygen atoms in total. The summed E-state index contributed by atoms with van der Waals surface area (Å²) in [6.07, 6.45) is 0. The smallest absolute Gasteiger partial charge is 0.340 e. The third-order valence-corrected chi connectivity index (χ3v) is 2.72. The molecular formula is C12H16FN3O3. The van der Waals surface area contributed by atoms with E-state index in [0.29, 0.717) is 6.54 Å². The normalized spacial score (nSPS) is 10.1. The number of aromatic carboxylic acids is 1. The topological polar surface area (TPSA) is 95.7 Å². The van der Waals surface area contributed by atoms with Crippen molar-refractivity contribution in [2.45, 2.75) is 6.92 Å². The standard InChI is InChI=1S/C12H16FN3O3/c1-3-16(6-9(17)15-2)8-5-4-7(13)11(14)10(8)12(18)19/h4-5H,3,6,14H2,1-2H3,(H,15,17)(H,18,19). The summed E-state index contributed by atoms with van der Waals surface area (Å²) < 4.78 is 13.3. The van der Waals surface area contributed by atoms with Crippen molar-refractivity contribution in [1.82, 2.24) is 5.32 Å². The van der Waals surface area contributed by atoms with Crippen LogP contribution < -0.4 is 16.0 Å². The molecule has 0 aromatic heterocycles. The highest BCUT2D eigenvalue weighted by Crippen LogP contribution is 2.28. The zero-order valence-corrected chi connectivity index (χ0v) is 10.7. The molecule has 0 heterocycles. The summed E-state index contributed by atoms with van der Waals surface area (Å²) in [5, 5.41) is 11.6. The van der Waals surface area contributed by atoms with Crippen LogP contribution in [-0.4, -0.2) is 37.1 Å². The van der Waals surface area contributed by atoms with Gasteiger partial charge in [0.05, 0.1) is 17.9 Å². The molecule has 1 rings (SSSR count). The summed E-state index contributed by atoms with van der Waals surface area (Å²) in [4.78, 5) is 24.1.